The van der Waals surface area contributed by atoms with Crippen molar-refractivity contribution < 1.29 is 0 Å². The van der Waals surface area contributed by atoms with Crippen LogP contribution < -0.4 is 5.32 Å². The Bertz CT molecular complexity index is 504. The van der Waals surface area contributed by atoms with Gasteiger partial charge in [0.1, 0.15) is 5.82 Å². The maximum Gasteiger partial charge on any atom is 0.109 e. The van der Waals surface area contributed by atoms with E-state index < -0.39 is 0 Å². The van der Waals surface area contributed by atoms with Crippen molar-refractivity contribution in [3.8, 4) is 0 Å². The molecule has 0 aliphatic heterocycles. The highest BCUT2D eigenvalue weighted by Crippen LogP contribution is 2.20. The van der Waals surface area contributed by atoms with E-state index in [2.05, 4.69) is 46.1 Å². The van der Waals surface area contributed by atoms with E-state index in [-0.39, 0.29) is 0 Å². The second-order valence-corrected chi connectivity index (χ2v) is 5.86. The minimum absolute atomic E-state index is 0.437. The van der Waals surface area contributed by atoms with E-state index in [4.69, 9.17) is 0 Å². The SMILES string of the molecule is CNC(CSc1ccc(C)cc1)Cc1nccn1C. The molecule has 2 aromatic rings. The summed E-state index contributed by atoms with van der Waals surface area (Å²) in [5.41, 5.74) is 1.31. The van der Waals surface area contributed by atoms with E-state index in [0.717, 1.165) is 18.0 Å². The largest absolute Gasteiger partial charge is 0.338 e. The molecule has 0 amide bonds. The van der Waals surface area contributed by atoms with Gasteiger partial charge in [-0.25, -0.2) is 4.98 Å². The molecule has 0 saturated heterocycles. The van der Waals surface area contributed by atoms with Crippen molar-refractivity contribution in [3.05, 3.63) is 48.0 Å². The highest BCUT2D eigenvalue weighted by atomic mass is 32.2. The van der Waals surface area contributed by atoms with Crippen LogP contribution in [0.4, 0.5) is 0 Å². The summed E-state index contributed by atoms with van der Waals surface area (Å²) >= 11 is 1.89. The Kier molecular flexibility index (Phi) is 5.05. The maximum atomic E-state index is 4.38. The second kappa shape index (κ2) is 6.78. The lowest BCUT2D eigenvalue weighted by molar-refractivity contribution is 0.586. The third-order valence-corrected chi connectivity index (χ3v) is 4.40. The van der Waals surface area contributed by atoms with Crippen molar-refractivity contribution in [1.29, 1.82) is 0 Å². The lowest BCUT2D eigenvalue weighted by Gasteiger charge is -2.15. The van der Waals surface area contributed by atoms with Crippen molar-refractivity contribution in [1.82, 2.24) is 14.9 Å². The quantitative estimate of drug-likeness (QED) is 0.822. The first kappa shape index (κ1) is 14.2. The summed E-state index contributed by atoms with van der Waals surface area (Å²) in [6.07, 6.45) is 4.81. The smallest absolute Gasteiger partial charge is 0.109 e. The summed E-state index contributed by atoms with van der Waals surface area (Å²) < 4.78 is 2.08. The predicted octanol–water partition coefficient (Wildman–Crippen LogP) is 2.65. The van der Waals surface area contributed by atoms with Gasteiger partial charge in [0.2, 0.25) is 0 Å². The fourth-order valence-electron chi connectivity index (χ4n) is 1.89. The number of thioether (sulfide) groups is 1. The normalized spacial score (nSPS) is 12.6. The summed E-state index contributed by atoms with van der Waals surface area (Å²) in [4.78, 5) is 5.71. The molecular formula is C15H21N3S. The van der Waals surface area contributed by atoms with Crippen molar-refractivity contribution in [2.45, 2.75) is 24.3 Å². The van der Waals surface area contributed by atoms with Crippen molar-refractivity contribution in [3.63, 3.8) is 0 Å². The third kappa shape index (κ3) is 4.11. The first-order chi connectivity index (χ1) is 9.19. The molecule has 4 heteroatoms. The molecule has 19 heavy (non-hydrogen) atoms. The molecule has 0 radical (unpaired) electrons. The number of nitrogens with zero attached hydrogens (tertiary/aromatic N) is 2. The summed E-state index contributed by atoms with van der Waals surface area (Å²) in [6, 6.07) is 9.14. The molecule has 1 aromatic heterocycles. The molecule has 1 atom stereocenters. The number of rotatable bonds is 6. The minimum atomic E-state index is 0.437. The molecule has 1 unspecified atom stereocenters. The number of hydrogen-bond donors (Lipinski definition) is 1. The molecule has 3 nitrogen and oxygen atoms in total. The van der Waals surface area contributed by atoms with E-state index >= 15 is 0 Å². The van der Waals surface area contributed by atoms with Crippen LogP contribution in [0.15, 0.2) is 41.6 Å². The molecule has 0 aliphatic carbocycles. The first-order valence-corrected chi connectivity index (χ1v) is 7.50. The van der Waals surface area contributed by atoms with Crippen molar-refractivity contribution in [2.24, 2.45) is 7.05 Å². The van der Waals surface area contributed by atoms with Crippen LogP contribution in [0.5, 0.6) is 0 Å². The van der Waals surface area contributed by atoms with Gasteiger partial charge in [-0.2, -0.15) is 0 Å². The molecule has 0 aliphatic rings. The van der Waals surface area contributed by atoms with Gasteiger partial charge in [-0.3, -0.25) is 0 Å². The zero-order valence-electron chi connectivity index (χ0n) is 11.8. The van der Waals surface area contributed by atoms with Gasteiger partial charge in [0.25, 0.3) is 0 Å². The number of hydrogen-bond acceptors (Lipinski definition) is 3. The number of imidazole rings is 1. The first-order valence-electron chi connectivity index (χ1n) is 6.52. The van der Waals surface area contributed by atoms with Crippen LogP contribution in [0.2, 0.25) is 0 Å². The van der Waals surface area contributed by atoms with Crippen molar-refractivity contribution in [2.75, 3.05) is 12.8 Å². The van der Waals surface area contributed by atoms with Gasteiger partial charge in [-0.05, 0) is 26.1 Å². The molecule has 0 fully saturated rings. The third-order valence-electron chi connectivity index (χ3n) is 3.23. The Morgan fingerprint density at radius 3 is 2.63 bits per heavy atom. The van der Waals surface area contributed by atoms with E-state index in [1.165, 1.54) is 10.5 Å². The lowest BCUT2D eigenvalue weighted by Crippen LogP contribution is -2.31. The molecule has 1 aromatic carbocycles. The Labute approximate surface area is 119 Å². The van der Waals surface area contributed by atoms with Crippen LogP contribution in [0.3, 0.4) is 0 Å². The highest BCUT2D eigenvalue weighted by molar-refractivity contribution is 7.99. The standard InChI is InChI=1S/C15H21N3S/c1-12-4-6-14(7-5-12)19-11-13(16-2)10-15-17-8-9-18(15)3/h4-9,13,16H,10-11H2,1-3H3. The number of aryl methyl sites for hydroxylation is 2. The Morgan fingerprint density at radius 1 is 1.32 bits per heavy atom. The summed E-state index contributed by atoms with van der Waals surface area (Å²) in [5, 5.41) is 3.38. The van der Waals surface area contributed by atoms with E-state index in [0.29, 0.717) is 6.04 Å². The molecule has 102 valence electrons. The topological polar surface area (TPSA) is 29.9 Å². The molecule has 0 spiro atoms. The zero-order valence-corrected chi connectivity index (χ0v) is 12.6. The van der Waals surface area contributed by atoms with Crippen LogP contribution in [0.25, 0.3) is 0 Å². The summed E-state index contributed by atoms with van der Waals surface area (Å²) in [6.45, 7) is 2.12. The van der Waals surface area contributed by atoms with Crippen molar-refractivity contribution >= 4 is 11.8 Å². The van der Waals surface area contributed by atoms with Gasteiger partial charge in [0, 0.05) is 42.6 Å². The van der Waals surface area contributed by atoms with Crippen LogP contribution in [-0.2, 0) is 13.5 Å². The summed E-state index contributed by atoms with van der Waals surface area (Å²) in [5.74, 6) is 2.18. The second-order valence-electron chi connectivity index (χ2n) is 4.77. The highest BCUT2D eigenvalue weighted by Gasteiger charge is 2.10. The van der Waals surface area contributed by atoms with Gasteiger partial charge in [-0.1, -0.05) is 17.7 Å². The van der Waals surface area contributed by atoms with E-state index in [9.17, 15) is 0 Å². The van der Waals surface area contributed by atoms with E-state index in [1.807, 2.05) is 38.3 Å². The number of likely N-dealkylation sites (N-methyl/N-ethyl adjacent to an activating group) is 1. The molecule has 1 N–H and O–H groups in total. The maximum absolute atomic E-state index is 4.38. The van der Waals surface area contributed by atoms with Crippen LogP contribution >= 0.6 is 11.8 Å². The Balaban J connectivity index is 1.89. The average Bonchev–Trinajstić information content (AvgIpc) is 2.82. The molecular weight excluding hydrogens is 254 g/mol. The molecule has 0 bridgehead atoms. The predicted molar refractivity (Wildman–Crippen MR) is 81.7 cm³/mol. The number of benzene rings is 1. The van der Waals surface area contributed by atoms with Crippen LogP contribution in [-0.4, -0.2) is 28.4 Å². The summed E-state index contributed by atoms with van der Waals surface area (Å²) in [7, 11) is 4.06. The Morgan fingerprint density at radius 2 is 2.05 bits per heavy atom. The number of aromatic nitrogens is 2. The minimum Gasteiger partial charge on any atom is -0.338 e. The molecule has 2 rings (SSSR count). The lowest BCUT2D eigenvalue weighted by atomic mass is 10.2. The molecule has 0 saturated carbocycles. The number of nitrogens with one attached hydrogen (secondary N) is 1. The van der Waals surface area contributed by atoms with Gasteiger partial charge in [-0.15, -0.1) is 11.8 Å². The van der Waals surface area contributed by atoms with Gasteiger partial charge < -0.3 is 9.88 Å². The van der Waals surface area contributed by atoms with Gasteiger partial charge >= 0.3 is 0 Å². The average molecular weight is 275 g/mol. The van der Waals surface area contributed by atoms with Crippen LogP contribution in [0.1, 0.15) is 11.4 Å². The fraction of sp³-hybridized carbons (Fsp3) is 0.400. The van der Waals surface area contributed by atoms with Gasteiger partial charge in [0.05, 0.1) is 0 Å². The monoisotopic (exact) mass is 275 g/mol. The molecule has 1 heterocycles. The van der Waals surface area contributed by atoms with Gasteiger partial charge in [0.15, 0.2) is 0 Å². The van der Waals surface area contributed by atoms with E-state index in [1.54, 1.807) is 0 Å². The fourth-order valence-corrected chi connectivity index (χ4v) is 2.90. The Hall–Kier alpha value is -1.26. The van der Waals surface area contributed by atoms with Crippen LogP contribution in [0, 0.1) is 6.92 Å². The zero-order chi connectivity index (χ0) is 13.7.